The Morgan fingerprint density at radius 3 is 2.95 bits per heavy atom. The Morgan fingerprint density at radius 1 is 1.43 bits per heavy atom. The maximum absolute atomic E-state index is 12.1. The van der Waals surface area contributed by atoms with E-state index in [1.165, 1.54) is 11.3 Å². The maximum Gasteiger partial charge on any atom is 0.270 e. The fourth-order valence-electron chi connectivity index (χ4n) is 2.17. The number of ether oxygens (including phenoxy) is 1. The van der Waals surface area contributed by atoms with E-state index < -0.39 is 0 Å². The van der Waals surface area contributed by atoms with Crippen LogP contribution in [0.4, 0.5) is 0 Å². The van der Waals surface area contributed by atoms with Crippen LogP contribution in [0.1, 0.15) is 16.9 Å². The normalized spacial score (nSPS) is 17.9. The van der Waals surface area contributed by atoms with E-state index in [4.69, 9.17) is 16.3 Å². The Hall–Kier alpha value is -1.43. The summed E-state index contributed by atoms with van der Waals surface area (Å²) >= 11 is 7.32. The van der Waals surface area contributed by atoms with Crippen LogP contribution in [-0.2, 0) is 4.74 Å². The summed E-state index contributed by atoms with van der Waals surface area (Å²) in [4.78, 5) is 16.5. The number of nitrogens with one attached hydrogen (secondary N) is 1. The molecule has 0 bridgehead atoms. The van der Waals surface area contributed by atoms with E-state index in [2.05, 4.69) is 10.3 Å². The molecule has 4 nitrogen and oxygen atoms in total. The predicted octanol–water partition coefficient (Wildman–Crippen LogP) is 3.23. The molecule has 6 heteroatoms. The van der Waals surface area contributed by atoms with Crippen LogP contribution in [0.25, 0.3) is 10.6 Å². The third-order valence-electron chi connectivity index (χ3n) is 3.40. The average Bonchev–Trinajstić information content (AvgIpc) is 3.17. The quantitative estimate of drug-likeness (QED) is 0.940. The lowest BCUT2D eigenvalue weighted by Crippen LogP contribution is -2.29. The smallest absolute Gasteiger partial charge is 0.270 e. The van der Waals surface area contributed by atoms with Gasteiger partial charge >= 0.3 is 0 Å². The molecule has 110 valence electrons. The van der Waals surface area contributed by atoms with Gasteiger partial charge in [0.1, 0.15) is 10.7 Å². The third-order valence-corrected chi connectivity index (χ3v) is 4.55. The van der Waals surface area contributed by atoms with Crippen molar-refractivity contribution in [2.45, 2.75) is 6.42 Å². The summed E-state index contributed by atoms with van der Waals surface area (Å²) in [6.07, 6.45) is 1.01. The van der Waals surface area contributed by atoms with Gasteiger partial charge in [-0.1, -0.05) is 23.7 Å². The van der Waals surface area contributed by atoms with Crippen LogP contribution in [0.15, 0.2) is 29.6 Å². The summed E-state index contributed by atoms with van der Waals surface area (Å²) in [5.41, 5.74) is 1.43. The highest BCUT2D eigenvalue weighted by Gasteiger charge is 2.18. The molecule has 0 spiro atoms. The zero-order chi connectivity index (χ0) is 14.7. The zero-order valence-corrected chi connectivity index (χ0v) is 12.9. The molecule has 1 N–H and O–H groups in total. The van der Waals surface area contributed by atoms with Crippen LogP contribution < -0.4 is 5.32 Å². The Labute approximate surface area is 132 Å². The van der Waals surface area contributed by atoms with Gasteiger partial charge in [0.25, 0.3) is 5.91 Å². The van der Waals surface area contributed by atoms with Crippen LogP contribution >= 0.6 is 22.9 Å². The van der Waals surface area contributed by atoms with Crippen molar-refractivity contribution in [3.05, 3.63) is 40.4 Å². The monoisotopic (exact) mass is 322 g/mol. The zero-order valence-electron chi connectivity index (χ0n) is 11.3. The van der Waals surface area contributed by atoms with Crippen LogP contribution in [-0.4, -0.2) is 30.6 Å². The minimum atomic E-state index is -0.127. The molecule has 2 aromatic rings. The minimum Gasteiger partial charge on any atom is -0.381 e. The number of thiazole rings is 1. The molecule has 0 radical (unpaired) electrons. The standard InChI is InChI=1S/C15H15ClN2O2S/c16-12-3-1-11(2-4-12)15-18-13(9-21-15)14(19)17-7-10-5-6-20-8-10/h1-4,9-10H,5-8H2,(H,17,19)/t10-/m1/s1. The number of hydrogen-bond acceptors (Lipinski definition) is 4. The van der Waals surface area contributed by atoms with Crippen LogP contribution in [0, 0.1) is 5.92 Å². The van der Waals surface area contributed by atoms with Crippen molar-refractivity contribution in [1.82, 2.24) is 10.3 Å². The van der Waals surface area contributed by atoms with Crippen molar-refractivity contribution in [1.29, 1.82) is 0 Å². The summed E-state index contributed by atoms with van der Waals surface area (Å²) in [6, 6.07) is 7.44. The van der Waals surface area contributed by atoms with Crippen molar-refractivity contribution in [2.75, 3.05) is 19.8 Å². The highest BCUT2D eigenvalue weighted by atomic mass is 35.5. The number of carbonyl (C=O) groups excluding carboxylic acids is 1. The lowest BCUT2D eigenvalue weighted by atomic mass is 10.1. The summed E-state index contributed by atoms with van der Waals surface area (Å²) in [7, 11) is 0. The van der Waals surface area contributed by atoms with Gasteiger partial charge in [0.05, 0.1) is 6.61 Å². The number of aromatic nitrogens is 1. The van der Waals surface area contributed by atoms with E-state index in [9.17, 15) is 4.79 Å². The molecule has 1 aliphatic rings. The highest BCUT2D eigenvalue weighted by Crippen LogP contribution is 2.25. The van der Waals surface area contributed by atoms with Gasteiger partial charge in [0.2, 0.25) is 0 Å². The third kappa shape index (κ3) is 3.61. The van der Waals surface area contributed by atoms with E-state index in [1.54, 1.807) is 5.38 Å². The molecule has 1 atom stereocenters. The number of nitrogens with zero attached hydrogens (tertiary/aromatic N) is 1. The Kier molecular flexibility index (Phi) is 4.53. The van der Waals surface area contributed by atoms with Crippen molar-refractivity contribution in [3.8, 4) is 10.6 Å². The Balaban J connectivity index is 1.63. The molecule has 1 fully saturated rings. The van der Waals surface area contributed by atoms with Gasteiger partial charge in [-0.2, -0.15) is 0 Å². The number of benzene rings is 1. The second-order valence-electron chi connectivity index (χ2n) is 4.98. The SMILES string of the molecule is O=C(NC[C@H]1CCOC1)c1csc(-c2ccc(Cl)cc2)n1. The largest absolute Gasteiger partial charge is 0.381 e. The van der Waals surface area contributed by atoms with Crippen molar-refractivity contribution in [2.24, 2.45) is 5.92 Å². The summed E-state index contributed by atoms with van der Waals surface area (Å²) < 4.78 is 5.29. The molecule has 1 aromatic carbocycles. The molecule has 1 aliphatic heterocycles. The fraction of sp³-hybridized carbons (Fsp3) is 0.333. The Bertz CT molecular complexity index is 621. The molecule has 1 aromatic heterocycles. The van der Waals surface area contributed by atoms with Crippen LogP contribution in [0.5, 0.6) is 0 Å². The van der Waals surface area contributed by atoms with Gasteiger partial charge < -0.3 is 10.1 Å². The number of carbonyl (C=O) groups is 1. The number of rotatable bonds is 4. The first-order chi connectivity index (χ1) is 10.2. The first-order valence-electron chi connectivity index (χ1n) is 6.80. The van der Waals surface area contributed by atoms with Crippen molar-refractivity contribution >= 4 is 28.8 Å². The molecule has 21 heavy (non-hydrogen) atoms. The summed E-state index contributed by atoms with van der Waals surface area (Å²) in [5.74, 6) is 0.293. The first-order valence-corrected chi connectivity index (χ1v) is 8.05. The minimum absolute atomic E-state index is 0.127. The Morgan fingerprint density at radius 2 is 2.24 bits per heavy atom. The second-order valence-corrected chi connectivity index (χ2v) is 6.28. The molecular weight excluding hydrogens is 308 g/mol. The lowest BCUT2D eigenvalue weighted by Gasteiger charge is -2.07. The highest BCUT2D eigenvalue weighted by molar-refractivity contribution is 7.13. The van der Waals surface area contributed by atoms with E-state index in [0.29, 0.717) is 23.2 Å². The number of amides is 1. The number of hydrogen-bond donors (Lipinski definition) is 1. The van der Waals surface area contributed by atoms with Gasteiger partial charge in [-0.25, -0.2) is 4.98 Å². The number of halogens is 1. The molecule has 1 amide bonds. The van der Waals surface area contributed by atoms with Gasteiger partial charge in [-0.3, -0.25) is 4.79 Å². The topological polar surface area (TPSA) is 51.2 Å². The van der Waals surface area contributed by atoms with Crippen LogP contribution in [0.2, 0.25) is 5.02 Å². The molecule has 0 saturated carbocycles. The van der Waals surface area contributed by atoms with Gasteiger partial charge in [-0.05, 0) is 18.6 Å². The molecule has 1 saturated heterocycles. The fourth-order valence-corrected chi connectivity index (χ4v) is 3.11. The van der Waals surface area contributed by atoms with Gasteiger partial charge in [0.15, 0.2) is 0 Å². The van der Waals surface area contributed by atoms with Crippen molar-refractivity contribution < 1.29 is 9.53 Å². The molecular formula is C15H15ClN2O2S. The van der Waals surface area contributed by atoms with Crippen LogP contribution in [0.3, 0.4) is 0 Å². The van der Waals surface area contributed by atoms with Crippen molar-refractivity contribution in [3.63, 3.8) is 0 Å². The predicted molar refractivity (Wildman–Crippen MR) is 83.8 cm³/mol. The lowest BCUT2D eigenvalue weighted by molar-refractivity contribution is 0.0941. The first kappa shape index (κ1) is 14.5. The van der Waals surface area contributed by atoms with Gasteiger partial charge in [-0.15, -0.1) is 11.3 Å². The van der Waals surface area contributed by atoms with E-state index in [0.717, 1.165) is 30.2 Å². The summed E-state index contributed by atoms with van der Waals surface area (Å²) in [5, 5.41) is 6.21. The van der Waals surface area contributed by atoms with E-state index >= 15 is 0 Å². The molecule has 0 aliphatic carbocycles. The van der Waals surface area contributed by atoms with E-state index in [1.807, 2.05) is 24.3 Å². The average molecular weight is 323 g/mol. The maximum atomic E-state index is 12.1. The van der Waals surface area contributed by atoms with Gasteiger partial charge in [0, 0.05) is 35.0 Å². The molecule has 3 rings (SSSR count). The molecule has 2 heterocycles. The van der Waals surface area contributed by atoms with E-state index in [-0.39, 0.29) is 5.91 Å². The second kappa shape index (κ2) is 6.56. The summed E-state index contributed by atoms with van der Waals surface area (Å²) in [6.45, 7) is 2.16. The molecule has 0 unspecified atom stereocenters.